The molecule has 1 aliphatic heterocycles. The summed E-state index contributed by atoms with van der Waals surface area (Å²) in [4.78, 5) is 0.216. The van der Waals surface area contributed by atoms with E-state index in [2.05, 4.69) is 10.0 Å². The van der Waals surface area contributed by atoms with Crippen LogP contribution in [0.25, 0.3) is 0 Å². The highest BCUT2D eigenvalue weighted by Gasteiger charge is 2.32. The standard InChI is InChI=1S/C14H21N3O4S2.ClH/c1-11-10-15-8-9-17(11)23(20,21)14-6-4-13(5-7-14)22(18,19)16-12-2-3-12;/h4-7,11-12,15-16H,2-3,8-10H2,1H3;1H. The Hall–Kier alpha value is -0.710. The number of piperazine rings is 1. The zero-order valence-electron chi connectivity index (χ0n) is 13.3. The van der Waals surface area contributed by atoms with Gasteiger partial charge in [-0.25, -0.2) is 21.6 Å². The van der Waals surface area contributed by atoms with Gasteiger partial charge in [0.1, 0.15) is 0 Å². The largest absolute Gasteiger partial charge is 0.314 e. The molecule has 0 amide bonds. The smallest absolute Gasteiger partial charge is 0.243 e. The van der Waals surface area contributed by atoms with Crippen LogP contribution >= 0.6 is 12.4 Å². The van der Waals surface area contributed by atoms with Crippen molar-refractivity contribution in [3.63, 3.8) is 0 Å². The molecule has 2 aliphatic rings. The number of benzene rings is 1. The molecule has 0 spiro atoms. The number of sulfonamides is 2. The summed E-state index contributed by atoms with van der Waals surface area (Å²) in [6, 6.07) is 5.32. The molecular weight excluding hydrogens is 374 g/mol. The first kappa shape index (κ1) is 19.6. The van der Waals surface area contributed by atoms with Gasteiger partial charge in [-0.3, -0.25) is 0 Å². The summed E-state index contributed by atoms with van der Waals surface area (Å²) in [5.74, 6) is 0. The number of rotatable bonds is 5. The van der Waals surface area contributed by atoms with Gasteiger partial charge in [0.2, 0.25) is 20.0 Å². The molecule has 1 atom stereocenters. The van der Waals surface area contributed by atoms with E-state index in [1.807, 2.05) is 6.92 Å². The van der Waals surface area contributed by atoms with Gasteiger partial charge in [-0.2, -0.15) is 4.31 Å². The van der Waals surface area contributed by atoms with Crippen molar-refractivity contribution in [1.29, 1.82) is 0 Å². The van der Waals surface area contributed by atoms with Crippen LogP contribution in [0.15, 0.2) is 34.1 Å². The van der Waals surface area contributed by atoms with Crippen LogP contribution in [0.4, 0.5) is 0 Å². The van der Waals surface area contributed by atoms with E-state index in [4.69, 9.17) is 0 Å². The molecule has 0 bridgehead atoms. The van der Waals surface area contributed by atoms with Gasteiger partial charge >= 0.3 is 0 Å². The van der Waals surface area contributed by atoms with E-state index >= 15 is 0 Å². The average Bonchev–Trinajstić information content (AvgIpc) is 3.31. The molecule has 1 saturated carbocycles. The van der Waals surface area contributed by atoms with Gasteiger partial charge in [-0.05, 0) is 44.0 Å². The van der Waals surface area contributed by atoms with Gasteiger partial charge in [-0.1, -0.05) is 0 Å². The third kappa shape index (κ3) is 4.09. The van der Waals surface area contributed by atoms with Crippen molar-refractivity contribution in [1.82, 2.24) is 14.3 Å². The van der Waals surface area contributed by atoms with E-state index in [1.54, 1.807) is 0 Å². The third-order valence-electron chi connectivity index (χ3n) is 4.08. The van der Waals surface area contributed by atoms with Crippen molar-refractivity contribution in [2.45, 2.75) is 41.6 Å². The lowest BCUT2D eigenvalue weighted by Gasteiger charge is -2.32. The van der Waals surface area contributed by atoms with Crippen LogP contribution in [-0.2, 0) is 20.0 Å². The van der Waals surface area contributed by atoms with Crippen molar-refractivity contribution in [3.8, 4) is 0 Å². The predicted octanol–water partition coefficient (Wildman–Crippen LogP) is 0.532. The second kappa shape index (κ2) is 7.27. The number of nitrogens with one attached hydrogen (secondary N) is 2. The lowest BCUT2D eigenvalue weighted by atomic mass is 10.3. The van der Waals surface area contributed by atoms with Crippen molar-refractivity contribution in [2.24, 2.45) is 0 Å². The van der Waals surface area contributed by atoms with Crippen LogP contribution in [0.1, 0.15) is 19.8 Å². The maximum atomic E-state index is 12.7. The maximum absolute atomic E-state index is 12.7. The first-order valence-electron chi connectivity index (χ1n) is 7.66. The Morgan fingerprint density at radius 1 is 1.08 bits per heavy atom. The number of hydrogen-bond acceptors (Lipinski definition) is 5. The monoisotopic (exact) mass is 395 g/mol. The van der Waals surface area contributed by atoms with Crippen molar-refractivity contribution >= 4 is 32.5 Å². The third-order valence-corrected chi connectivity index (χ3v) is 7.64. The van der Waals surface area contributed by atoms with Crippen molar-refractivity contribution in [3.05, 3.63) is 24.3 Å². The summed E-state index contributed by atoms with van der Waals surface area (Å²) in [5.41, 5.74) is 0. The fraction of sp³-hybridized carbons (Fsp3) is 0.571. The first-order valence-corrected chi connectivity index (χ1v) is 10.6. The highest BCUT2D eigenvalue weighted by Crippen LogP contribution is 2.24. The first-order chi connectivity index (χ1) is 10.8. The summed E-state index contributed by atoms with van der Waals surface area (Å²) in [5, 5.41) is 3.15. The van der Waals surface area contributed by atoms with Gasteiger partial charge in [0.15, 0.2) is 0 Å². The Bertz CT molecular complexity index is 777. The second-order valence-electron chi connectivity index (χ2n) is 6.04. The molecule has 1 unspecified atom stereocenters. The average molecular weight is 396 g/mol. The summed E-state index contributed by atoms with van der Waals surface area (Å²) in [6.45, 7) is 3.48. The molecule has 0 radical (unpaired) electrons. The summed E-state index contributed by atoms with van der Waals surface area (Å²) in [7, 11) is -7.17. The molecule has 1 aromatic rings. The summed E-state index contributed by atoms with van der Waals surface area (Å²) >= 11 is 0. The van der Waals surface area contributed by atoms with Crippen LogP contribution < -0.4 is 10.0 Å². The normalized spacial score (nSPS) is 22.8. The van der Waals surface area contributed by atoms with Crippen LogP contribution in [0.3, 0.4) is 0 Å². The molecule has 2 N–H and O–H groups in total. The Labute approximate surface area is 149 Å². The summed E-state index contributed by atoms with van der Waals surface area (Å²) < 4.78 is 53.6. The Morgan fingerprint density at radius 2 is 1.67 bits per heavy atom. The predicted molar refractivity (Wildman–Crippen MR) is 93.3 cm³/mol. The highest BCUT2D eigenvalue weighted by molar-refractivity contribution is 7.89. The topological polar surface area (TPSA) is 95.6 Å². The molecule has 2 fully saturated rings. The quantitative estimate of drug-likeness (QED) is 0.758. The zero-order chi connectivity index (χ0) is 16.7. The zero-order valence-corrected chi connectivity index (χ0v) is 15.8. The molecule has 1 heterocycles. The molecule has 7 nitrogen and oxygen atoms in total. The molecule has 0 aromatic heterocycles. The molecule has 3 rings (SSSR count). The lowest BCUT2D eigenvalue weighted by molar-refractivity contribution is 0.284. The van der Waals surface area contributed by atoms with Crippen LogP contribution in [-0.4, -0.2) is 52.9 Å². The minimum atomic E-state index is -3.61. The Balaban J connectivity index is 0.00000208. The number of hydrogen-bond donors (Lipinski definition) is 2. The van der Waals surface area contributed by atoms with Gasteiger partial charge in [0.05, 0.1) is 9.79 Å². The van der Waals surface area contributed by atoms with E-state index in [1.165, 1.54) is 28.6 Å². The second-order valence-corrected chi connectivity index (χ2v) is 9.64. The minimum absolute atomic E-state index is 0. The lowest BCUT2D eigenvalue weighted by Crippen LogP contribution is -2.52. The Kier molecular flexibility index (Phi) is 5.94. The fourth-order valence-electron chi connectivity index (χ4n) is 2.59. The molecule has 1 aliphatic carbocycles. The highest BCUT2D eigenvalue weighted by atomic mass is 35.5. The molecule has 1 aromatic carbocycles. The molecule has 10 heteroatoms. The van der Waals surface area contributed by atoms with Gasteiger partial charge in [-0.15, -0.1) is 12.4 Å². The summed E-state index contributed by atoms with van der Waals surface area (Å²) in [6.07, 6.45) is 1.71. The van der Waals surface area contributed by atoms with Crippen LogP contribution in [0.2, 0.25) is 0 Å². The number of halogens is 1. The SMILES string of the molecule is CC1CNCCN1S(=O)(=O)c1ccc(S(=O)(=O)NC2CC2)cc1.Cl. The van der Waals surface area contributed by atoms with E-state index in [-0.39, 0.29) is 34.3 Å². The molecule has 136 valence electrons. The van der Waals surface area contributed by atoms with Crippen molar-refractivity contribution < 1.29 is 16.8 Å². The van der Waals surface area contributed by atoms with E-state index in [0.29, 0.717) is 19.6 Å². The molecular formula is C14H22ClN3O4S2. The van der Waals surface area contributed by atoms with Crippen molar-refractivity contribution in [2.75, 3.05) is 19.6 Å². The van der Waals surface area contributed by atoms with E-state index in [9.17, 15) is 16.8 Å². The van der Waals surface area contributed by atoms with E-state index in [0.717, 1.165) is 12.8 Å². The minimum Gasteiger partial charge on any atom is -0.314 e. The van der Waals surface area contributed by atoms with Crippen LogP contribution in [0, 0.1) is 0 Å². The van der Waals surface area contributed by atoms with Gasteiger partial charge in [0, 0.05) is 31.7 Å². The fourth-order valence-corrected chi connectivity index (χ4v) is 5.53. The van der Waals surface area contributed by atoms with Gasteiger partial charge < -0.3 is 5.32 Å². The maximum Gasteiger partial charge on any atom is 0.243 e. The van der Waals surface area contributed by atoms with Gasteiger partial charge in [0.25, 0.3) is 0 Å². The van der Waals surface area contributed by atoms with E-state index < -0.39 is 20.0 Å². The molecule has 1 saturated heterocycles. The number of nitrogens with zero attached hydrogens (tertiary/aromatic N) is 1. The molecule has 24 heavy (non-hydrogen) atoms. The van der Waals surface area contributed by atoms with Crippen LogP contribution in [0.5, 0.6) is 0 Å². The Morgan fingerprint density at radius 3 is 2.21 bits per heavy atom.